The Bertz CT molecular complexity index is 251. The maximum absolute atomic E-state index is 13.0. The van der Waals surface area contributed by atoms with Gasteiger partial charge in [0.05, 0.1) is 0 Å². The van der Waals surface area contributed by atoms with Crippen LogP contribution in [0.2, 0.25) is 0 Å². The molecule has 0 aliphatic heterocycles. The van der Waals surface area contributed by atoms with Crippen LogP contribution in [0.5, 0.6) is 5.75 Å². The summed E-state index contributed by atoms with van der Waals surface area (Å²) in [5.74, 6) is 0.568. The minimum absolute atomic E-state index is 0.180. The van der Waals surface area contributed by atoms with Crippen LogP contribution in [-0.4, -0.2) is 19.0 Å². The highest BCUT2D eigenvalue weighted by Crippen LogP contribution is 2.12. The molecule has 1 rings (SSSR count). The maximum atomic E-state index is 13.0. The third-order valence-electron chi connectivity index (χ3n) is 1.93. The van der Waals surface area contributed by atoms with Crippen LogP contribution in [0.4, 0.5) is 8.78 Å². The summed E-state index contributed by atoms with van der Waals surface area (Å²) in [4.78, 5) is 0. The molecule has 14 heavy (non-hydrogen) atoms. The van der Waals surface area contributed by atoms with Gasteiger partial charge in [-0.15, -0.1) is 0 Å². The molecule has 0 saturated carbocycles. The van der Waals surface area contributed by atoms with Crippen molar-refractivity contribution in [1.82, 2.24) is 0 Å². The molecule has 0 spiro atoms. The van der Waals surface area contributed by atoms with Gasteiger partial charge in [-0.1, -0.05) is 25.1 Å². The lowest BCUT2D eigenvalue weighted by Crippen LogP contribution is -2.23. The fourth-order valence-corrected chi connectivity index (χ4v) is 1.05. The van der Waals surface area contributed by atoms with E-state index in [4.69, 9.17) is 4.74 Å². The lowest BCUT2D eigenvalue weighted by atomic mass is 10.2. The van der Waals surface area contributed by atoms with Gasteiger partial charge in [-0.25, -0.2) is 8.78 Å². The van der Waals surface area contributed by atoms with Crippen molar-refractivity contribution in [2.45, 2.75) is 25.7 Å². The molecule has 0 aliphatic rings. The van der Waals surface area contributed by atoms with E-state index in [9.17, 15) is 8.78 Å². The summed E-state index contributed by atoms with van der Waals surface area (Å²) >= 11 is 0. The standard InChI is InChI=1S/C11H14F2O/c1-2-10(12)11(13)8-14-9-6-4-3-5-7-9/h3-7,10-11H,2,8H2,1H3. The summed E-state index contributed by atoms with van der Waals surface area (Å²) in [6.07, 6.45) is -2.79. The second-order valence-corrected chi connectivity index (χ2v) is 3.06. The smallest absolute Gasteiger partial charge is 0.165 e. The number of ether oxygens (including phenoxy) is 1. The minimum atomic E-state index is -1.54. The highest BCUT2D eigenvalue weighted by molar-refractivity contribution is 5.20. The number of benzene rings is 1. The molecule has 2 atom stereocenters. The Balaban J connectivity index is 2.34. The topological polar surface area (TPSA) is 9.23 Å². The van der Waals surface area contributed by atoms with E-state index in [1.165, 1.54) is 0 Å². The highest BCUT2D eigenvalue weighted by atomic mass is 19.2. The van der Waals surface area contributed by atoms with Crippen molar-refractivity contribution < 1.29 is 13.5 Å². The van der Waals surface area contributed by atoms with Crippen LogP contribution in [0.1, 0.15) is 13.3 Å². The third kappa shape index (κ3) is 3.32. The van der Waals surface area contributed by atoms with Gasteiger partial charge in [-0.2, -0.15) is 0 Å². The molecule has 1 aromatic rings. The number of para-hydroxylation sites is 1. The van der Waals surface area contributed by atoms with Crippen LogP contribution >= 0.6 is 0 Å². The summed E-state index contributed by atoms with van der Waals surface area (Å²) in [5, 5.41) is 0. The molecule has 1 aromatic carbocycles. The number of halogens is 2. The normalized spacial score (nSPS) is 14.8. The molecule has 0 aromatic heterocycles. The number of hydrogen-bond acceptors (Lipinski definition) is 1. The average Bonchev–Trinajstić information content (AvgIpc) is 2.26. The van der Waals surface area contributed by atoms with E-state index < -0.39 is 12.3 Å². The van der Waals surface area contributed by atoms with Crippen molar-refractivity contribution in [2.75, 3.05) is 6.61 Å². The Hall–Kier alpha value is -1.12. The van der Waals surface area contributed by atoms with Crippen molar-refractivity contribution in [1.29, 1.82) is 0 Å². The Labute approximate surface area is 82.7 Å². The van der Waals surface area contributed by atoms with Gasteiger partial charge in [0.15, 0.2) is 6.17 Å². The fourth-order valence-electron chi connectivity index (χ4n) is 1.05. The number of hydrogen-bond donors (Lipinski definition) is 0. The van der Waals surface area contributed by atoms with E-state index in [-0.39, 0.29) is 13.0 Å². The lowest BCUT2D eigenvalue weighted by molar-refractivity contribution is 0.106. The minimum Gasteiger partial charge on any atom is -0.490 e. The van der Waals surface area contributed by atoms with Gasteiger partial charge < -0.3 is 4.74 Å². The monoisotopic (exact) mass is 200 g/mol. The zero-order valence-corrected chi connectivity index (χ0v) is 8.12. The summed E-state index contributed by atoms with van der Waals surface area (Å²) in [6.45, 7) is 1.39. The Kier molecular flexibility index (Phi) is 4.36. The molecule has 78 valence electrons. The molecule has 0 heterocycles. The second kappa shape index (κ2) is 5.58. The quantitative estimate of drug-likeness (QED) is 0.709. The summed E-state index contributed by atoms with van der Waals surface area (Å²) in [7, 11) is 0. The van der Waals surface area contributed by atoms with Gasteiger partial charge in [0.1, 0.15) is 18.5 Å². The molecule has 1 nitrogen and oxygen atoms in total. The largest absolute Gasteiger partial charge is 0.490 e. The van der Waals surface area contributed by atoms with Crippen molar-refractivity contribution in [3.8, 4) is 5.75 Å². The first kappa shape index (κ1) is 11.0. The number of alkyl halides is 2. The van der Waals surface area contributed by atoms with Crippen LogP contribution in [0.15, 0.2) is 30.3 Å². The Morgan fingerprint density at radius 3 is 2.36 bits per heavy atom. The Morgan fingerprint density at radius 1 is 1.14 bits per heavy atom. The summed E-state index contributed by atoms with van der Waals surface area (Å²) < 4.78 is 30.8. The van der Waals surface area contributed by atoms with Crippen molar-refractivity contribution in [3.63, 3.8) is 0 Å². The second-order valence-electron chi connectivity index (χ2n) is 3.06. The Morgan fingerprint density at radius 2 is 1.79 bits per heavy atom. The highest BCUT2D eigenvalue weighted by Gasteiger charge is 2.18. The van der Waals surface area contributed by atoms with Crippen molar-refractivity contribution in [2.24, 2.45) is 0 Å². The molecular formula is C11H14F2O. The van der Waals surface area contributed by atoms with E-state index in [2.05, 4.69) is 0 Å². The molecule has 0 aliphatic carbocycles. The first-order valence-corrected chi connectivity index (χ1v) is 4.70. The van der Waals surface area contributed by atoms with E-state index in [0.29, 0.717) is 5.75 Å². The van der Waals surface area contributed by atoms with E-state index in [1.54, 1.807) is 31.2 Å². The first-order valence-electron chi connectivity index (χ1n) is 4.70. The van der Waals surface area contributed by atoms with E-state index in [1.807, 2.05) is 6.07 Å². The van der Waals surface area contributed by atoms with Gasteiger partial charge in [-0.3, -0.25) is 0 Å². The predicted octanol–water partition coefficient (Wildman–Crippen LogP) is 3.15. The summed E-state index contributed by atoms with van der Waals surface area (Å²) in [5.41, 5.74) is 0. The maximum Gasteiger partial charge on any atom is 0.165 e. The van der Waals surface area contributed by atoms with Gasteiger partial charge in [0, 0.05) is 0 Å². The summed E-state index contributed by atoms with van der Waals surface area (Å²) in [6, 6.07) is 8.84. The average molecular weight is 200 g/mol. The lowest BCUT2D eigenvalue weighted by Gasteiger charge is -2.12. The number of rotatable bonds is 5. The van der Waals surface area contributed by atoms with Crippen LogP contribution in [0, 0.1) is 0 Å². The van der Waals surface area contributed by atoms with Crippen LogP contribution in [0.25, 0.3) is 0 Å². The van der Waals surface area contributed by atoms with E-state index >= 15 is 0 Å². The molecule has 3 heteroatoms. The SMILES string of the molecule is CCC(F)C(F)COc1ccccc1. The zero-order chi connectivity index (χ0) is 10.4. The van der Waals surface area contributed by atoms with Crippen molar-refractivity contribution >= 4 is 0 Å². The van der Waals surface area contributed by atoms with E-state index in [0.717, 1.165) is 0 Å². The molecule has 0 radical (unpaired) electrons. The van der Waals surface area contributed by atoms with Gasteiger partial charge in [0.2, 0.25) is 0 Å². The third-order valence-corrected chi connectivity index (χ3v) is 1.93. The first-order chi connectivity index (χ1) is 6.74. The van der Waals surface area contributed by atoms with Crippen molar-refractivity contribution in [3.05, 3.63) is 30.3 Å². The molecular weight excluding hydrogens is 186 g/mol. The molecule has 0 saturated heterocycles. The molecule has 0 fully saturated rings. The van der Waals surface area contributed by atoms with Crippen LogP contribution < -0.4 is 4.74 Å². The molecule has 2 unspecified atom stereocenters. The van der Waals surface area contributed by atoms with Gasteiger partial charge in [-0.05, 0) is 18.6 Å². The molecule has 0 N–H and O–H groups in total. The predicted molar refractivity (Wildman–Crippen MR) is 52.0 cm³/mol. The van der Waals surface area contributed by atoms with Gasteiger partial charge >= 0.3 is 0 Å². The van der Waals surface area contributed by atoms with Crippen LogP contribution in [0.3, 0.4) is 0 Å². The molecule has 0 bridgehead atoms. The molecule has 0 amide bonds. The fraction of sp³-hybridized carbons (Fsp3) is 0.455. The van der Waals surface area contributed by atoms with Gasteiger partial charge in [0.25, 0.3) is 0 Å². The van der Waals surface area contributed by atoms with Crippen LogP contribution in [-0.2, 0) is 0 Å². The zero-order valence-electron chi connectivity index (χ0n) is 8.12.